The van der Waals surface area contributed by atoms with Gasteiger partial charge < -0.3 is 0 Å². The predicted molar refractivity (Wildman–Crippen MR) is 41.6 cm³/mol. The van der Waals surface area contributed by atoms with Gasteiger partial charge >= 0.3 is 5.91 Å². The summed E-state index contributed by atoms with van der Waals surface area (Å²) in [5.41, 5.74) is 2.65. The summed E-state index contributed by atoms with van der Waals surface area (Å²) in [5.74, 6) is -0.848. The Morgan fingerprint density at radius 3 is 2.54 bits per heavy atom. The van der Waals surface area contributed by atoms with Gasteiger partial charge in [0.25, 0.3) is 5.72 Å². The second-order valence-corrected chi connectivity index (χ2v) is 2.67. The quantitative estimate of drug-likeness (QED) is 0.513. The van der Waals surface area contributed by atoms with E-state index in [2.05, 4.69) is 5.48 Å². The fraction of sp³-hybridized carbons (Fsp3) is 0.125. The molecule has 13 heavy (non-hydrogen) atoms. The van der Waals surface area contributed by atoms with E-state index in [0.29, 0.717) is 5.56 Å². The first-order valence-corrected chi connectivity index (χ1v) is 3.71. The Bertz CT molecular complexity index is 324. The Morgan fingerprint density at radius 2 is 2.08 bits per heavy atom. The molecule has 1 heterocycles. The first kappa shape index (κ1) is 8.15. The summed E-state index contributed by atoms with van der Waals surface area (Å²) in [7, 11) is 0. The molecule has 1 aliphatic heterocycles. The summed E-state index contributed by atoms with van der Waals surface area (Å²) >= 11 is 0. The molecule has 2 N–H and O–H groups in total. The molecule has 0 spiro atoms. The molecule has 1 unspecified atom stereocenters. The summed E-state index contributed by atoms with van der Waals surface area (Å²) < 4.78 is 11.9. The molecule has 0 bridgehead atoms. The normalized spacial score (nSPS) is 25.3. The highest BCUT2D eigenvalue weighted by molar-refractivity contribution is 5.86. The minimum Gasteiger partial charge on any atom is -0.267 e. The smallest absolute Gasteiger partial charge is 0.267 e. The van der Waals surface area contributed by atoms with Gasteiger partial charge in [-0.2, -0.15) is 11.0 Å². The Hall–Kier alpha value is -1.46. The molecule has 1 atom stereocenters. The van der Waals surface area contributed by atoms with Gasteiger partial charge in [0.15, 0.2) is 0 Å². The minimum atomic E-state index is -1.32. The van der Waals surface area contributed by atoms with Gasteiger partial charge in [0, 0.05) is 5.56 Å². The number of hydrogen-bond acceptors (Lipinski definition) is 3. The maximum Gasteiger partial charge on any atom is 0.304 e. The summed E-state index contributed by atoms with van der Waals surface area (Å²) in [5, 5.41) is 0. The third-order valence-electron chi connectivity index (χ3n) is 1.89. The molecule has 5 heteroatoms. The lowest BCUT2D eigenvalue weighted by molar-refractivity contribution is -0.131. The summed E-state index contributed by atoms with van der Waals surface area (Å²) in [6.45, 7) is 0. The Kier molecular flexibility index (Phi) is 1.75. The van der Waals surface area contributed by atoms with Crippen LogP contribution in [0.2, 0.25) is 0 Å². The van der Waals surface area contributed by atoms with Gasteiger partial charge in [0.1, 0.15) is 0 Å². The van der Waals surface area contributed by atoms with Crippen LogP contribution in [0.4, 0.5) is 4.48 Å². The van der Waals surface area contributed by atoms with Crippen molar-refractivity contribution >= 4 is 5.91 Å². The van der Waals surface area contributed by atoms with Crippen molar-refractivity contribution in [3.05, 3.63) is 35.9 Å². The predicted octanol–water partition coefficient (Wildman–Crippen LogP) is 0.375. The molecule has 1 aliphatic rings. The third kappa shape index (κ3) is 1.18. The maximum atomic E-state index is 11.9. The third-order valence-corrected chi connectivity index (χ3v) is 1.89. The Balaban J connectivity index is 2.31. The molecule has 1 amide bonds. The fourth-order valence-electron chi connectivity index (χ4n) is 1.13. The summed E-state index contributed by atoms with van der Waals surface area (Å²) in [4.78, 5) is 15.8. The van der Waals surface area contributed by atoms with Gasteiger partial charge in [-0.05, 0) is 0 Å². The first-order valence-electron chi connectivity index (χ1n) is 3.71. The molecule has 4 nitrogen and oxygen atoms in total. The van der Waals surface area contributed by atoms with Crippen molar-refractivity contribution < 1.29 is 14.1 Å². The molecule has 0 aromatic heterocycles. The molecule has 1 fully saturated rings. The molecule has 1 aromatic carbocycles. The van der Waals surface area contributed by atoms with E-state index in [1.807, 2.05) is 0 Å². The SMILES string of the molecule is O=C(NF)C1(c2ccccc2)NO1. The molecule has 1 aromatic rings. The number of benzene rings is 1. The van der Waals surface area contributed by atoms with Gasteiger partial charge in [-0.15, -0.1) is 4.48 Å². The molecule has 0 aliphatic carbocycles. The number of hydroxylamine groups is 1. The van der Waals surface area contributed by atoms with Gasteiger partial charge in [0.05, 0.1) is 0 Å². The largest absolute Gasteiger partial charge is 0.304 e. The lowest BCUT2D eigenvalue weighted by Crippen LogP contribution is -2.33. The number of nitrogens with one attached hydrogen (secondary N) is 2. The van der Waals surface area contributed by atoms with Crippen molar-refractivity contribution in [3.63, 3.8) is 0 Å². The topological polar surface area (TPSA) is 63.6 Å². The van der Waals surface area contributed by atoms with E-state index < -0.39 is 11.6 Å². The van der Waals surface area contributed by atoms with Crippen LogP contribution >= 0.6 is 0 Å². The average Bonchev–Trinajstić information content (AvgIpc) is 2.99. The molecule has 1 saturated heterocycles. The summed E-state index contributed by atoms with van der Waals surface area (Å²) in [6.07, 6.45) is 0. The van der Waals surface area contributed by atoms with E-state index in [4.69, 9.17) is 4.84 Å². The zero-order chi connectivity index (χ0) is 9.31. The number of rotatable bonds is 2. The number of amides is 1. The zero-order valence-electron chi connectivity index (χ0n) is 6.58. The highest BCUT2D eigenvalue weighted by Crippen LogP contribution is 2.32. The fourth-order valence-corrected chi connectivity index (χ4v) is 1.13. The van der Waals surface area contributed by atoms with E-state index in [9.17, 15) is 9.28 Å². The molecular formula is C8H7FN2O2. The number of carbonyl (C=O) groups excluding carboxylic acids is 1. The number of carbonyl (C=O) groups is 1. The lowest BCUT2D eigenvalue weighted by Gasteiger charge is -2.05. The van der Waals surface area contributed by atoms with Gasteiger partial charge in [-0.1, -0.05) is 30.3 Å². The van der Waals surface area contributed by atoms with E-state index in [1.165, 1.54) is 0 Å². The van der Waals surface area contributed by atoms with Crippen LogP contribution in [-0.4, -0.2) is 5.91 Å². The van der Waals surface area contributed by atoms with Crippen LogP contribution in [0.15, 0.2) is 30.3 Å². The monoisotopic (exact) mass is 182 g/mol. The second-order valence-electron chi connectivity index (χ2n) is 2.67. The highest BCUT2D eigenvalue weighted by Gasteiger charge is 2.54. The Morgan fingerprint density at radius 1 is 1.46 bits per heavy atom. The molecule has 0 saturated carbocycles. The van der Waals surface area contributed by atoms with Crippen molar-refractivity contribution in [1.29, 1.82) is 0 Å². The van der Waals surface area contributed by atoms with Crippen LogP contribution in [-0.2, 0) is 15.4 Å². The zero-order valence-corrected chi connectivity index (χ0v) is 6.58. The molecule has 2 rings (SSSR count). The van der Waals surface area contributed by atoms with Crippen LogP contribution < -0.4 is 11.0 Å². The minimum absolute atomic E-state index is 0.574. The van der Waals surface area contributed by atoms with Crippen LogP contribution in [0.3, 0.4) is 0 Å². The van der Waals surface area contributed by atoms with Crippen molar-refractivity contribution in [2.24, 2.45) is 0 Å². The lowest BCUT2D eigenvalue weighted by atomic mass is 10.1. The molecule has 0 radical (unpaired) electrons. The van der Waals surface area contributed by atoms with Gasteiger partial charge in [-0.25, -0.2) is 0 Å². The average molecular weight is 182 g/mol. The van der Waals surface area contributed by atoms with E-state index in [0.717, 1.165) is 5.54 Å². The van der Waals surface area contributed by atoms with Crippen molar-refractivity contribution in [1.82, 2.24) is 11.0 Å². The Labute approximate surface area is 73.6 Å². The van der Waals surface area contributed by atoms with Crippen LogP contribution in [0.5, 0.6) is 0 Å². The number of hydrogen-bond donors (Lipinski definition) is 2. The van der Waals surface area contributed by atoms with Crippen LogP contribution in [0.25, 0.3) is 0 Å². The van der Waals surface area contributed by atoms with Gasteiger partial charge in [-0.3, -0.25) is 9.63 Å². The maximum absolute atomic E-state index is 11.9. The van der Waals surface area contributed by atoms with E-state index in [-0.39, 0.29) is 0 Å². The standard InChI is InChI=1S/C8H7FN2O2/c9-10-7(12)8(11-13-8)6-4-2-1-3-5-6/h1-5,11H,(H,10,12). The van der Waals surface area contributed by atoms with Crippen molar-refractivity contribution in [2.75, 3.05) is 0 Å². The number of halogens is 1. The molecule has 68 valence electrons. The van der Waals surface area contributed by atoms with Crippen molar-refractivity contribution in [3.8, 4) is 0 Å². The van der Waals surface area contributed by atoms with Gasteiger partial charge in [0.2, 0.25) is 0 Å². The summed E-state index contributed by atoms with van der Waals surface area (Å²) in [6, 6.07) is 8.63. The van der Waals surface area contributed by atoms with Crippen LogP contribution in [0, 0.1) is 0 Å². The van der Waals surface area contributed by atoms with E-state index >= 15 is 0 Å². The molecular weight excluding hydrogens is 175 g/mol. The van der Waals surface area contributed by atoms with Crippen LogP contribution in [0.1, 0.15) is 5.56 Å². The second kappa shape index (κ2) is 2.79. The highest BCUT2D eigenvalue weighted by atomic mass is 19.2. The van der Waals surface area contributed by atoms with E-state index in [1.54, 1.807) is 30.3 Å². The first-order chi connectivity index (χ1) is 6.29. The van der Waals surface area contributed by atoms with Crippen molar-refractivity contribution in [2.45, 2.75) is 5.72 Å².